The van der Waals surface area contributed by atoms with Gasteiger partial charge in [-0.2, -0.15) is 0 Å². The van der Waals surface area contributed by atoms with Gasteiger partial charge in [-0.15, -0.1) is 12.4 Å². The highest BCUT2D eigenvalue weighted by molar-refractivity contribution is 5.85. The van der Waals surface area contributed by atoms with Crippen LogP contribution < -0.4 is 11.1 Å². The Morgan fingerprint density at radius 2 is 1.72 bits per heavy atom. The van der Waals surface area contributed by atoms with Gasteiger partial charge in [-0.1, -0.05) is 24.1 Å². The molecule has 1 rings (SSSR count). The number of hydrogen-bond donors (Lipinski definition) is 2. The third kappa shape index (κ3) is 8.36. The maximum absolute atomic E-state index is 12.1. The Bertz CT molecular complexity index is 553. The number of amides is 1. The number of ether oxygens (including phenoxy) is 1. The lowest BCUT2D eigenvalue weighted by Crippen LogP contribution is -2.42. The van der Waals surface area contributed by atoms with Crippen LogP contribution in [-0.4, -0.2) is 31.6 Å². The van der Waals surface area contributed by atoms with E-state index in [1.54, 1.807) is 0 Å². The molecule has 1 amide bonds. The molecule has 1 aromatic carbocycles. The largest absolute Gasteiger partial charge is 0.469 e. The average molecular weight is 371 g/mol. The summed E-state index contributed by atoms with van der Waals surface area (Å²) < 4.78 is 4.58. The number of nitrogens with one attached hydrogen (secondary N) is 1. The Balaban J connectivity index is 0.00000576. The van der Waals surface area contributed by atoms with Gasteiger partial charge >= 0.3 is 5.97 Å². The fourth-order valence-electron chi connectivity index (χ4n) is 2.86. The van der Waals surface area contributed by atoms with Gasteiger partial charge in [-0.3, -0.25) is 9.59 Å². The lowest BCUT2D eigenvalue weighted by molar-refractivity contribution is -0.140. The van der Waals surface area contributed by atoms with Gasteiger partial charge in [0.2, 0.25) is 5.91 Å². The summed E-state index contributed by atoms with van der Waals surface area (Å²) in [5.41, 5.74) is 10.8. The third-order valence-corrected chi connectivity index (χ3v) is 4.19. The summed E-state index contributed by atoms with van der Waals surface area (Å²) in [7, 11) is 1.39. The first-order chi connectivity index (χ1) is 11.3. The summed E-state index contributed by atoms with van der Waals surface area (Å²) in [6.07, 6.45) is 3.46. The van der Waals surface area contributed by atoms with Crippen molar-refractivity contribution in [3.05, 3.63) is 34.4 Å². The number of carbonyl (C=O) groups excluding carboxylic acids is 2. The molecule has 0 aromatic heterocycles. The Labute approximate surface area is 157 Å². The van der Waals surface area contributed by atoms with Crippen LogP contribution in [0.4, 0.5) is 0 Å². The molecular formula is C19H31ClN2O3. The minimum absolute atomic E-state index is 0. The van der Waals surface area contributed by atoms with Crippen molar-refractivity contribution in [2.24, 2.45) is 5.73 Å². The van der Waals surface area contributed by atoms with Gasteiger partial charge in [0, 0.05) is 13.0 Å². The monoisotopic (exact) mass is 370 g/mol. The molecule has 25 heavy (non-hydrogen) atoms. The van der Waals surface area contributed by atoms with Gasteiger partial charge in [-0.05, 0) is 56.7 Å². The van der Waals surface area contributed by atoms with E-state index in [-0.39, 0.29) is 24.3 Å². The van der Waals surface area contributed by atoms with Crippen LogP contribution in [0.25, 0.3) is 0 Å². The van der Waals surface area contributed by atoms with Gasteiger partial charge in [0.1, 0.15) is 0 Å². The topological polar surface area (TPSA) is 81.4 Å². The van der Waals surface area contributed by atoms with E-state index in [0.29, 0.717) is 19.4 Å². The van der Waals surface area contributed by atoms with Crippen LogP contribution >= 0.6 is 12.4 Å². The van der Waals surface area contributed by atoms with Crippen molar-refractivity contribution in [2.45, 2.75) is 58.9 Å². The smallest absolute Gasteiger partial charge is 0.305 e. The van der Waals surface area contributed by atoms with Gasteiger partial charge < -0.3 is 15.8 Å². The van der Waals surface area contributed by atoms with E-state index < -0.39 is 6.04 Å². The minimum atomic E-state index is -0.542. The molecule has 5 nitrogen and oxygen atoms in total. The Morgan fingerprint density at radius 1 is 1.12 bits per heavy atom. The highest BCUT2D eigenvalue weighted by Crippen LogP contribution is 2.17. The van der Waals surface area contributed by atoms with Crippen molar-refractivity contribution < 1.29 is 14.3 Å². The van der Waals surface area contributed by atoms with Crippen LogP contribution in [0.2, 0.25) is 0 Å². The van der Waals surface area contributed by atoms with Gasteiger partial charge in [0.15, 0.2) is 0 Å². The standard InChI is InChI=1S/C19H30N2O3.ClH/c1-13-10-14(2)16(15(3)11-13)12-17(20)19(23)21-9-7-5-6-8-18(22)24-4;/h10-11,17H,5-9,12,20H2,1-4H3,(H,21,23);1H/t17-;/m0./s1. The second-order valence-electron chi connectivity index (χ2n) is 6.37. The minimum Gasteiger partial charge on any atom is -0.469 e. The second kappa shape index (κ2) is 11.9. The molecule has 0 aliphatic carbocycles. The molecular weight excluding hydrogens is 340 g/mol. The predicted molar refractivity (Wildman–Crippen MR) is 103 cm³/mol. The van der Waals surface area contributed by atoms with Crippen LogP contribution in [0.5, 0.6) is 0 Å². The number of methoxy groups -OCH3 is 1. The molecule has 1 aromatic rings. The fraction of sp³-hybridized carbons (Fsp3) is 0.579. The Hall–Kier alpha value is -1.59. The predicted octanol–water partition coefficient (Wildman–Crippen LogP) is 2.75. The first-order valence-corrected chi connectivity index (χ1v) is 8.52. The van der Waals surface area contributed by atoms with E-state index in [2.05, 4.69) is 43.0 Å². The molecule has 6 heteroatoms. The Kier molecular flexibility index (Phi) is 11.1. The highest BCUT2D eigenvalue weighted by Gasteiger charge is 2.16. The summed E-state index contributed by atoms with van der Waals surface area (Å²) in [5.74, 6) is -0.313. The molecule has 0 radical (unpaired) electrons. The zero-order valence-corrected chi connectivity index (χ0v) is 16.5. The van der Waals surface area contributed by atoms with Crippen LogP contribution in [0.3, 0.4) is 0 Å². The van der Waals surface area contributed by atoms with E-state index in [1.807, 2.05) is 0 Å². The molecule has 0 aliphatic rings. The quantitative estimate of drug-likeness (QED) is 0.517. The van der Waals surface area contributed by atoms with E-state index in [1.165, 1.54) is 23.8 Å². The summed E-state index contributed by atoms with van der Waals surface area (Å²) in [6, 6.07) is 3.70. The number of unbranched alkanes of at least 4 members (excludes halogenated alkanes) is 2. The first kappa shape index (κ1) is 23.4. The summed E-state index contributed by atoms with van der Waals surface area (Å²) in [4.78, 5) is 23.1. The number of rotatable bonds is 9. The highest BCUT2D eigenvalue weighted by atomic mass is 35.5. The Morgan fingerprint density at radius 3 is 2.28 bits per heavy atom. The molecule has 0 aliphatic heterocycles. The van der Waals surface area contributed by atoms with E-state index in [0.717, 1.165) is 24.8 Å². The van der Waals surface area contributed by atoms with E-state index in [9.17, 15) is 9.59 Å². The zero-order valence-electron chi connectivity index (χ0n) is 15.7. The molecule has 0 bridgehead atoms. The fourth-order valence-corrected chi connectivity index (χ4v) is 2.86. The number of hydrogen-bond acceptors (Lipinski definition) is 4. The lowest BCUT2D eigenvalue weighted by atomic mass is 9.94. The summed E-state index contributed by atoms with van der Waals surface area (Å²) in [6.45, 7) is 6.76. The molecule has 0 saturated carbocycles. The first-order valence-electron chi connectivity index (χ1n) is 8.52. The zero-order chi connectivity index (χ0) is 18.1. The van der Waals surface area contributed by atoms with Crippen molar-refractivity contribution in [2.75, 3.05) is 13.7 Å². The molecule has 0 saturated heterocycles. The van der Waals surface area contributed by atoms with Gasteiger partial charge in [-0.25, -0.2) is 0 Å². The van der Waals surface area contributed by atoms with Crippen molar-refractivity contribution in [1.29, 1.82) is 0 Å². The van der Waals surface area contributed by atoms with Crippen LogP contribution in [-0.2, 0) is 20.7 Å². The van der Waals surface area contributed by atoms with Crippen LogP contribution in [0, 0.1) is 20.8 Å². The maximum atomic E-state index is 12.1. The SMILES string of the molecule is COC(=O)CCCCCNC(=O)[C@@H](N)Cc1c(C)cc(C)cc1C.Cl. The normalized spacial score (nSPS) is 11.4. The van der Waals surface area contributed by atoms with Crippen molar-refractivity contribution >= 4 is 24.3 Å². The van der Waals surface area contributed by atoms with Gasteiger partial charge in [0.25, 0.3) is 0 Å². The number of nitrogens with two attached hydrogens (primary N) is 1. The maximum Gasteiger partial charge on any atom is 0.305 e. The molecule has 3 N–H and O–H groups in total. The van der Waals surface area contributed by atoms with Crippen molar-refractivity contribution in [3.8, 4) is 0 Å². The number of esters is 1. The van der Waals surface area contributed by atoms with E-state index in [4.69, 9.17) is 5.73 Å². The molecule has 0 unspecified atom stereocenters. The van der Waals surface area contributed by atoms with Crippen molar-refractivity contribution in [3.63, 3.8) is 0 Å². The number of halogens is 1. The number of aryl methyl sites for hydroxylation is 3. The van der Waals surface area contributed by atoms with Crippen LogP contribution in [0.15, 0.2) is 12.1 Å². The summed E-state index contributed by atoms with van der Waals surface area (Å²) in [5, 5.41) is 2.87. The molecule has 142 valence electrons. The lowest BCUT2D eigenvalue weighted by Gasteiger charge is -2.16. The van der Waals surface area contributed by atoms with Crippen molar-refractivity contribution in [1.82, 2.24) is 5.32 Å². The molecule has 1 atom stereocenters. The molecule has 0 spiro atoms. The van der Waals surface area contributed by atoms with Gasteiger partial charge in [0.05, 0.1) is 13.2 Å². The second-order valence-corrected chi connectivity index (χ2v) is 6.37. The molecule has 0 heterocycles. The number of benzene rings is 1. The number of carbonyl (C=O) groups is 2. The third-order valence-electron chi connectivity index (χ3n) is 4.19. The van der Waals surface area contributed by atoms with E-state index >= 15 is 0 Å². The van der Waals surface area contributed by atoms with Crippen LogP contribution in [0.1, 0.15) is 47.9 Å². The average Bonchev–Trinajstić information content (AvgIpc) is 2.53. The molecule has 0 fully saturated rings. The summed E-state index contributed by atoms with van der Waals surface area (Å²) >= 11 is 0.